The smallest absolute Gasteiger partial charge is 0.0542 e. The highest BCUT2D eigenvalue weighted by Crippen LogP contribution is 2.06. The Labute approximate surface area is 98.7 Å². The van der Waals surface area contributed by atoms with Crippen LogP contribution >= 0.6 is 0 Å². The fourth-order valence-corrected chi connectivity index (χ4v) is 1.73. The molecule has 0 saturated heterocycles. The van der Waals surface area contributed by atoms with Gasteiger partial charge in [0.2, 0.25) is 0 Å². The Kier molecular flexibility index (Phi) is 6.04. The summed E-state index contributed by atoms with van der Waals surface area (Å²) in [5.74, 6) is 0. The molecule has 0 aliphatic carbocycles. The van der Waals surface area contributed by atoms with Gasteiger partial charge in [-0.3, -0.25) is 9.88 Å². The maximum Gasteiger partial charge on any atom is 0.0542 e. The first-order chi connectivity index (χ1) is 7.80. The van der Waals surface area contributed by atoms with Gasteiger partial charge in [0.25, 0.3) is 0 Å². The molecule has 0 atom stereocenters. The summed E-state index contributed by atoms with van der Waals surface area (Å²) in [4.78, 5) is 6.67. The lowest BCUT2D eigenvalue weighted by Gasteiger charge is -2.20. The number of nitrogens with zero attached hydrogens (tertiary/aromatic N) is 2. The molecule has 16 heavy (non-hydrogen) atoms. The third-order valence-corrected chi connectivity index (χ3v) is 2.77. The summed E-state index contributed by atoms with van der Waals surface area (Å²) in [6.07, 6.45) is 4.37. The fraction of sp³-hybridized carbons (Fsp3) is 0.615. The molecule has 0 aliphatic heterocycles. The largest absolute Gasteiger partial charge is 0.325 e. The summed E-state index contributed by atoms with van der Waals surface area (Å²) in [7, 11) is 0. The average Bonchev–Trinajstić information content (AvgIpc) is 2.34. The van der Waals surface area contributed by atoms with Crippen molar-refractivity contribution in [3.05, 3.63) is 29.6 Å². The number of aromatic nitrogens is 1. The molecule has 0 bridgehead atoms. The third kappa shape index (κ3) is 4.29. The van der Waals surface area contributed by atoms with Crippen LogP contribution in [-0.4, -0.2) is 23.0 Å². The first-order valence-corrected chi connectivity index (χ1v) is 6.16. The first kappa shape index (κ1) is 13.1. The van der Waals surface area contributed by atoms with Gasteiger partial charge in [-0.05, 0) is 37.2 Å². The minimum atomic E-state index is 0.523. The van der Waals surface area contributed by atoms with Crippen LogP contribution in [-0.2, 0) is 13.1 Å². The topological polar surface area (TPSA) is 42.2 Å². The van der Waals surface area contributed by atoms with Gasteiger partial charge in [0.15, 0.2) is 0 Å². The van der Waals surface area contributed by atoms with Crippen molar-refractivity contribution in [2.75, 3.05) is 13.1 Å². The highest BCUT2D eigenvalue weighted by Gasteiger charge is 2.03. The highest BCUT2D eigenvalue weighted by molar-refractivity contribution is 5.16. The van der Waals surface area contributed by atoms with Gasteiger partial charge >= 0.3 is 0 Å². The lowest BCUT2D eigenvalue weighted by molar-refractivity contribution is 0.275. The molecule has 0 fully saturated rings. The van der Waals surface area contributed by atoms with Gasteiger partial charge in [-0.15, -0.1) is 0 Å². The Balaban J connectivity index is 2.55. The van der Waals surface area contributed by atoms with E-state index in [4.69, 9.17) is 5.73 Å². The molecule has 1 heterocycles. The van der Waals surface area contributed by atoms with E-state index < -0.39 is 0 Å². The van der Waals surface area contributed by atoms with E-state index in [-0.39, 0.29) is 0 Å². The van der Waals surface area contributed by atoms with Gasteiger partial charge in [-0.1, -0.05) is 20.3 Å². The fourth-order valence-electron chi connectivity index (χ4n) is 1.73. The number of hydrogen-bond acceptors (Lipinski definition) is 3. The van der Waals surface area contributed by atoms with Crippen LogP contribution in [0.15, 0.2) is 18.3 Å². The van der Waals surface area contributed by atoms with Crippen LogP contribution in [0.4, 0.5) is 0 Å². The summed E-state index contributed by atoms with van der Waals surface area (Å²) < 4.78 is 0. The molecule has 0 radical (unpaired) electrons. The molecule has 0 saturated carbocycles. The normalized spacial score (nSPS) is 11.0. The van der Waals surface area contributed by atoms with Crippen molar-refractivity contribution in [3.63, 3.8) is 0 Å². The van der Waals surface area contributed by atoms with E-state index in [2.05, 4.69) is 35.9 Å². The standard InChI is InChI=1S/C13H23N3/c1-3-5-8-16(4-2)11-12-6-7-15-13(9-12)10-14/h6-7,9H,3-5,8,10-11,14H2,1-2H3. The molecular weight excluding hydrogens is 198 g/mol. The highest BCUT2D eigenvalue weighted by atomic mass is 15.1. The predicted molar refractivity (Wildman–Crippen MR) is 68.0 cm³/mol. The molecule has 1 rings (SSSR count). The lowest BCUT2D eigenvalue weighted by atomic mass is 10.2. The van der Waals surface area contributed by atoms with Crippen molar-refractivity contribution < 1.29 is 0 Å². The van der Waals surface area contributed by atoms with Crippen LogP contribution in [0.25, 0.3) is 0 Å². The molecule has 0 aromatic carbocycles. The van der Waals surface area contributed by atoms with Gasteiger partial charge in [-0.2, -0.15) is 0 Å². The zero-order valence-electron chi connectivity index (χ0n) is 10.4. The zero-order valence-corrected chi connectivity index (χ0v) is 10.4. The number of rotatable bonds is 7. The van der Waals surface area contributed by atoms with Gasteiger partial charge in [-0.25, -0.2) is 0 Å². The molecule has 1 aromatic heterocycles. The second kappa shape index (κ2) is 7.36. The van der Waals surface area contributed by atoms with Crippen molar-refractivity contribution in [2.24, 2.45) is 5.73 Å². The summed E-state index contributed by atoms with van der Waals surface area (Å²) in [5.41, 5.74) is 7.88. The van der Waals surface area contributed by atoms with Crippen LogP contribution in [0.5, 0.6) is 0 Å². The van der Waals surface area contributed by atoms with E-state index in [1.54, 1.807) is 0 Å². The summed E-state index contributed by atoms with van der Waals surface area (Å²) in [5, 5.41) is 0. The van der Waals surface area contributed by atoms with E-state index >= 15 is 0 Å². The van der Waals surface area contributed by atoms with Crippen molar-refractivity contribution >= 4 is 0 Å². The molecule has 3 heteroatoms. The Morgan fingerprint density at radius 1 is 1.38 bits per heavy atom. The Morgan fingerprint density at radius 2 is 2.19 bits per heavy atom. The molecule has 3 nitrogen and oxygen atoms in total. The zero-order chi connectivity index (χ0) is 11.8. The molecule has 0 amide bonds. The molecule has 0 aliphatic rings. The maximum atomic E-state index is 5.59. The Hall–Kier alpha value is -0.930. The van der Waals surface area contributed by atoms with Crippen LogP contribution in [0, 0.1) is 0 Å². The van der Waals surface area contributed by atoms with Crippen LogP contribution in [0.3, 0.4) is 0 Å². The quantitative estimate of drug-likeness (QED) is 0.767. The molecule has 0 spiro atoms. The molecule has 0 unspecified atom stereocenters. The third-order valence-electron chi connectivity index (χ3n) is 2.77. The summed E-state index contributed by atoms with van der Waals surface area (Å²) in [6, 6.07) is 4.18. The first-order valence-electron chi connectivity index (χ1n) is 6.16. The van der Waals surface area contributed by atoms with Crippen molar-refractivity contribution in [1.82, 2.24) is 9.88 Å². The van der Waals surface area contributed by atoms with E-state index in [0.29, 0.717) is 6.54 Å². The minimum Gasteiger partial charge on any atom is -0.325 e. The minimum absolute atomic E-state index is 0.523. The summed E-state index contributed by atoms with van der Waals surface area (Å²) >= 11 is 0. The van der Waals surface area contributed by atoms with Gasteiger partial charge in [0.1, 0.15) is 0 Å². The van der Waals surface area contributed by atoms with Gasteiger partial charge in [0, 0.05) is 19.3 Å². The van der Waals surface area contributed by atoms with Crippen LogP contribution in [0.1, 0.15) is 37.9 Å². The summed E-state index contributed by atoms with van der Waals surface area (Å²) in [6.45, 7) is 8.24. The molecular formula is C13H23N3. The van der Waals surface area contributed by atoms with Crippen molar-refractivity contribution in [3.8, 4) is 0 Å². The molecule has 2 N–H and O–H groups in total. The maximum absolute atomic E-state index is 5.59. The van der Waals surface area contributed by atoms with E-state index in [9.17, 15) is 0 Å². The van der Waals surface area contributed by atoms with E-state index in [1.165, 1.54) is 24.9 Å². The van der Waals surface area contributed by atoms with E-state index in [0.717, 1.165) is 18.8 Å². The van der Waals surface area contributed by atoms with Crippen LogP contribution < -0.4 is 5.73 Å². The van der Waals surface area contributed by atoms with Crippen LogP contribution in [0.2, 0.25) is 0 Å². The number of nitrogens with two attached hydrogens (primary N) is 1. The average molecular weight is 221 g/mol. The number of hydrogen-bond donors (Lipinski definition) is 1. The second-order valence-electron chi connectivity index (χ2n) is 4.08. The van der Waals surface area contributed by atoms with Crippen molar-refractivity contribution in [1.29, 1.82) is 0 Å². The van der Waals surface area contributed by atoms with Gasteiger partial charge in [0.05, 0.1) is 5.69 Å². The predicted octanol–water partition coefficient (Wildman–Crippen LogP) is 2.16. The Bertz CT molecular complexity index is 299. The number of unbranched alkanes of at least 4 members (excludes halogenated alkanes) is 1. The second-order valence-corrected chi connectivity index (χ2v) is 4.08. The SMILES string of the molecule is CCCCN(CC)Cc1ccnc(CN)c1. The lowest BCUT2D eigenvalue weighted by Crippen LogP contribution is -2.24. The molecule has 90 valence electrons. The number of pyridine rings is 1. The monoisotopic (exact) mass is 221 g/mol. The van der Waals surface area contributed by atoms with Gasteiger partial charge < -0.3 is 5.73 Å². The van der Waals surface area contributed by atoms with E-state index in [1.807, 2.05) is 6.20 Å². The van der Waals surface area contributed by atoms with Crippen molar-refractivity contribution in [2.45, 2.75) is 39.8 Å². The molecule has 1 aromatic rings. The Morgan fingerprint density at radius 3 is 2.81 bits per heavy atom.